The van der Waals surface area contributed by atoms with Crippen LogP contribution in [0.2, 0.25) is 5.02 Å². The zero-order valence-corrected chi connectivity index (χ0v) is 12.2. The molecule has 0 saturated heterocycles. The van der Waals surface area contributed by atoms with Crippen LogP contribution in [0.5, 0.6) is 6.01 Å². The van der Waals surface area contributed by atoms with Crippen molar-refractivity contribution in [1.82, 2.24) is 19.9 Å². The summed E-state index contributed by atoms with van der Waals surface area (Å²) in [5.74, 6) is -0.0479. The maximum Gasteiger partial charge on any atom is 0.316 e. The number of nitrogens with zero attached hydrogens (tertiary/aromatic N) is 3. The highest BCUT2D eigenvalue weighted by Gasteiger charge is 2.17. The van der Waals surface area contributed by atoms with Gasteiger partial charge in [0, 0.05) is 18.0 Å². The van der Waals surface area contributed by atoms with Gasteiger partial charge in [0.2, 0.25) is 0 Å². The predicted octanol–water partition coefficient (Wildman–Crippen LogP) is 2.92. The Balaban J connectivity index is 2.07. The highest BCUT2D eigenvalue weighted by molar-refractivity contribution is 6.33. The number of rotatable bonds is 3. The lowest BCUT2D eigenvalue weighted by molar-refractivity contribution is 0.380. The van der Waals surface area contributed by atoms with Crippen LogP contribution >= 0.6 is 11.6 Å². The van der Waals surface area contributed by atoms with E-state index in [9.17, 15) is 4.39 Å². The number of methoxy groups -OCH3 is 1. The molecule has 0 radical (unpaired) electrons. The van der Waals surface area contributed by atoms with Crippen LogP contribution in [-0.2, 0) is 0 Å². The standard InChI is InChI=1S/C14H11ClFN5O/c1-22-14-18-5-7(6-19-14)11-12(17)21-13(20-11)10-8(15)3-2-4-9(10)16/h2-6H,17H2,1H3,(H,20,21). The van der Waals surface area contributed by atoms with Gasteiger partial charge in [0.1, 0.15) is 17.5 Å². The van der Waals surface area contributed by atoms with Crippen molar-refractivity contribution < 1.29 is 9.13 Å². The molecular weight excluding hydrogens is 309 g/mol. The lowest BCUT2D eigenvalue weighted by Gasteiger charge is -2.02. The van der Waals surface area contributed by atoms with E-state index >= 15 is 0 Å². The first-order valence-electron chi connectivity index (χ1n) is 6.26. The van der Waals surface area contributed by atoms with Crippen LogP contribution in [0.3, 0.4) is 0 Å². The second-order valence-corrected chi connectivity index (χ2v) is 4.81. The number of nitrogens with two attached hydrogens (primary N) is 1. The molecule has 1 aromatic carbocycles. The van der Waals surface area contributed by atoms with E-state index in [1.165, 1.54) is 31.6 Å². The zero-order chi connectivity index (χ0) is 15.7. The maximum absolute atomic E-state index is 14.0. The van der Waals surface area contributed by atoms with Crippen LogP contribution in [0.4, 0.5) is 10.2 Å². The molecule has 3 rings (SSSR count). The number of nitrogen functional groups attached to an aromatic ring is 1. The summed E-state index contributed by atoms with van der Waals surface area (Å²) in [6, 6.07) is 4.63. The van der Waals surface area contributed by atoms with Gasteiger partial charge in [0.05, 0.1) is 23.4 Å². The summed E-state index contributed by atoms with van der Waals surface area (Å²) in [6.45, 7) is 0. The van der Waals surface area contributed by atoms with E-state index in [1.807, 2.05) is 0 Å². The minimum Gasteiger partial charge on any atom is -0.467 e. The first kappa shape index (κ1) is 14.3. The molecule has 3 N–H and O–H groups in total. The van der Waals surface area contributed by atoms with Crippen LogP contribution < -0.4 is 10.5 Å². The molecule has 3 aromatic rings. The Kier molecular flexibility index (Phi) is 3.64. The Morgan fingerprint density at radius 2 is 2.00 bits per heavy atom. The second kappa shape index (κ2) is 5.61. The second-order valence-electron chi connectivity index (χ2n) is 4.40. The number of aromatic amines is 1. The SMILES string of the molecule is COc1ncc(-c2[nH]c(-c3c(F)cccc3Cl)nc2N)cn1. The molecule has 2 heterocycles. The Morgan fingerprint density at radius 1 is 1.27 bits per heavy atom. The van der Waals surface area contributed by atoms with Crippen LogP contribution in [0.25, 0.3) is 22.6 Å². The molecule has 22 heavy (non-hydrogen) atoms. The van der Waals surface area contributed by atoms with E-state index in [0.29, 0.717) is 11.3 Å². The number of hydrogen-bond donors (Lipinski definition) is 2. The van der Waals surface area contributed by atoms with Gasteiger partial charge in [0.15, 0.2) is 0 Å². The predicted molar refractivity (Wildman–Crippen MR) is 81.0 cm³/mol. The van der Waals surface area contributed by atoms with Gasteiger partial charge in [-0.15, -0.1) is 0 Å². The molecule has 0 aliphatic rings. The number of nitrogens with one attached hydrogen (secondary N) is 1. The number of H-pyrrole nitrogens is 1. The molecule has 0 fully saturated rings. The van der Waals surface area contributed by atoms with Crippen molar-refractivity contribution in [2.24, 2.45) is 0 Å². The lowest BCUT2D eigenvalue weighted by atomic mass is 10.2. The average molecular weight is 320 g/mol. The third kappa shape index (κ3) is 2.46. The van der Waals surface area contributed by atoms with E-state index in [4.69, 9.17) is 22.1 Å². The molecule has 0 unspecified atom stereocenters. The van der Waals surface area contributed by atoms with Gasteiger partial charge in [-0.1, -0.05) is 17.7 Å². The van der Waals surface area contributed by atoms with Crippen LogP contribution in [-0.4, -0.2) is 27.0 Å². The normalized spacial score (nSPS) is 10.7. The Hall–Kier alpha value is -2.67. The van der Waals surface area contributed by atoms with Crippen molar-refractivity contribution in [3.8, 4) is 28.7 Å². The highest BCUT2D eigenvalue weighted by atomic mass is 35.5. The summed E-state index contributed by atoms with van der Waals surface area (Å²) in [6.07, 6.45) is 3.06. The van der Waals surface area contributed by atoms with Crippen LogP contribution in [0, 0.1) is 5.82 Å². The van der Waals surface area contributed by atoms with Crippen LogP contribution in [0.15, 0.2) is 30.6 Å². The van der Waals surface area contributed by atoms with Crippen molar-refractivity contribution in [2.75, 3.05) is 12.8 Å². The van der Waals surface area contributed by atoms with Crippen molar-refractivity contribution in [3.05, 3.63) is 41.4 Å². The highest BCUT2D eigenvalue weighted by Crippen LogP contribution is 2.32. The number of anilines is 1. The summed E-state index contributed by atoms with van der Waals surface area (Å²) in [4.78, 5) is 15.1. The van der Waals surface area contributed by atoms with E-state index in [2.05, 4.69) is 19.9 Å². The molecule has 0 atom stereocenters. The average Bonchev–Trinajstić information content (AvgIpc) is 2.89. The third-order valence-electron chi connectivity index (χ3n) is 3.03. The molecule has 2 aromatic heterocycles. The molecule has 0 aliphatic carbocycles. The van der Waals surface area contributed by atoms with Gasteiger partial charge >= 0.3 is 6.01 Å². The molecule has 0 amide bonds. The first-order chi connectivity index (χ1) is 10.6. The van der Waals surface area contributed by atoms with Gasteiger partial charge in [0.25, 0.3) is 0 Å². The van der Waals surface area contributed by atoms with Crippen molar-refractivity contribution >= 4 is 17.4 Å². The molecule has 0 saturated carbocycles. The topological polar surface area (TPSA) is 89.7 Å². The van der Waals surface area contributed by atoms with Gasteiger partial charge < -0.3 is 15.5 Å². The summed E-state index contributed by atoms with van der Waals surface area (Å²) in [7, 11) is 1.47. The molecule has 112 valence electrons. The van der Waals surface area contributed by atoms with Crippen LogP contribution in [0.1, 0.15) is 0 Å². The fraction of sp³-hybridized carbons (Fsp3) is 0.0714. The number of aromatic nitrogens is 4. The van der Waals surface area contributed by atoms with Crippen molar-refractivity contribution in [1.29, 1.82) is 0 Å². The minimum atomic E-state index is -0.487. The molecule has 0 spiro atoms. The molecule has 0 aliphatic heterocycles. The minimum absolute atomic E-state index is 0.163. The van der Waals surface area contributed by atoms with Gasteiger partial charge in [-0.05, 0) is 12.1 Å². The van der Waals surface area contributed by atoms with Gasteiger partial charge in [-0.25, -0.2) is 19.3 Å². The van der Waals surface area contributed by atoms with Gasteiger partial charge in [-0.2, -0.15) is 0 Å². The summed E-state index contributed by atoms with van der Waals surface area (Å²) >= 11 is 6.03. The number of benzene rings is 1. The monoisotopic (exact) mass is 319 g/mol. The summed E-state index contributed by atoms with van der Waals surface area (Å²) in [5, 5.41) is 0.242. The number of halogens is 2. The zero-order valence-electron chi connectivity index (χ0n) is 11.5. The quantitative estimate of drug-likeness (QED) is 0.774. The van der Waals surface area contributed by atoms with Crippen molar-refractivity contribution in [2.45, 2.75) is 0 Å². The van der Waals surface area contributed by atoms with E-state index < -0.39 is 5.82 Å². The Bertz CT molecular complexity index is 798. The smallest absolute Gasteiger partial charge is 0.316 e. The molecule has 8 heteroatoms. The molecule has 6 nitrogen and oxygen atoms in total. The number of imidazole rings is 1. The summed E-state index contributed by atoms with van der Waals surface area (Å²) < 4.78 is 18.8. The fourth-order valence-corrected chi connectivity index (χ4v) is 2.25. The Morgan fingerprint density at radius 3 is 2.64 bits per heavy atom. The summed E-state index contributed by atoms with van der Waals surface area (Å²) in [5.41, 5.74) is 7.13. The lowest BCUT2D eigenvalue weighted by Crippen LogP contribution is -1.93. The van der Waals surface area contributed by atoms with Crippen molar-refractivity contribution in [3.63, 3.8) is 0 Å². The molecule has 0 bridgehead atoms. The van der Waals surface area contributed by atoms with E-state index in [-0.39, 0.29) is 28.2 Å². The number of hydrogen-bond acceptors (Lipinski definition) is 5. The Labute approximate surface area is 130 Å². The van der Waals surface area contributed by atoms with E-state index in [1.54, 1.807) is 6.07 Å². The van der Waals surface area contributed by atoms with E-state index in [0.717, 1.165) is 0 Å². The fourth-order valence-electron chi connectivity index (χ4n) is 2.00. The maximum atomic E-state index is 14.0. The first-order valence-corrected chi connectivity index (χ1v) is 6.64. The van der Waals surface area contributed by atoms with Gasteiger partial charge in [-0.3, -0.25) is 0 Å². The number of ether oxygens (including phenoxy) is 1. The third-order valence-corrected chi connectivity index (χ3v) is 3.35. The molecular formula is C14H11ClFN5O. The largest absolute Gasteiger partial charge is 0.467 e.